The van der Waals surface area contributed by atoms with Gasteiger partial charge in [0.25, 0.3) is 0 Å². The highest BCUT2D eigenvalue weighted by molar-refractivity contribution is 4.83. The molecule has 0 saturated carbocycles. The molecule has 0 aromatic heterocycles. The van der Waals surface area contributed by atoms with Crippen molar-refractivity contribution in [1.82, 2.24) is 4.90 Å². The summed E-state index contributed by atoms with van der Waals surface area (Å²) in [6.45, 7) is 11.9. The van der Waals surface area contributed by atoms with Crippen LogP contribution in [-0.4, -0.2) is 31.1 Å². The van der Waals surface area contributed by atoms with E-state index in [9.17, 15) is 0 Å². The van der Waals surface area contributed by atoms with Crippen molar-refractivity contribution in [3.05, 3.63) is 0 Å². The summed E-state index contributed by atoms with van der Waals surface area (Å²) in [7, 11) is 0. The first kappa shape index (κ1) is 13.4. The SMILES string of the molecule is CCN(CC(C)C#N)CC(C)(C)CN. The molecule has 1 unspecified atom stereocenters. The Balaban J connectivity index is 4.10. The standard InChI is InChI=1S/C11H23N3/c1-5-14(7-10(2)6-12)9-11(3,4)8-13/h10H,5,7-9,13H2,1-4H3. The van der Waals surface area contributed by atoms with Crippen molar-refractivity contribution < 1.29 is 0 Å². The van der Waals surface area contributed by atoms with Crippen LogP contribution < -0.4 is 5.73 Å². The minimum absolute atomic E-state index is 0.100. The summed E-state index contributed by atoms with van der Waals surface area (Å²) >= 11 is 0. The maximum absolute atomic E-state index is 8.73. The summed E-state index contributed by atoms with van der Waals surface area (Å²) < 4.78 is 0. The fraction of sp³-hybridized carbons (Fsp3) is 0.909. The number of rotatable bonds is 6. The zero-order chi connectivity index (χ0) is 11.2. The lowest BCUT2D eigenvalue weighted by Gasteiger charge is -2.31. The van der Waals surface area contributed by atoms with E-state index in [1.807, 2.05) is 6.92 Å². The van der Waals surface area contributed by atoms with E-state index in [2.05, 4.69) is 31.7 Å². The highest BCUT2D eigenvalue weighted by Gasteiger charge is 2.20. The largest absolute Gasteiger partial charge is 0.330 e. The molecular formula is C11H23N3. The lowest BCUT2D eigenvalue weighted by Crippen LogP contribution is -2.40. The molecule has 0 aliphatic heterocycles. The average molecular weight is 197 g/mol. The maximum atomic E-state index is 8.73. The summed E-state index contributed by atoms with van der Waals surface area (Å²) in [5.74, 6) is 0.100. The van der Waals surface area contributed by atoms with Gasteiger partial charge in [-0.05, 0) is 25.4 Å². The second kappa shape index (κ2) is 6.00. The molecule has 0 heterocycles. The fourth-order valence-electron chi connectivity index (χ4n) is 1.40. The van der Waals surface area contributed by atoms with Gasteiger partial charge in [0.15, 0.2) is 0 Å². The molecule has 0 aliphatic carbocycles. The number of hydrogen-bond donors (Lipinski definition) is 1. The first-order chi connectivity index (χ1) is 6.45. The fourth-order valence-corrected chi connectivity index (χ4v) is 1.40. The highest BCUT2D eigenvalue weighted by Crippen LogP contribution is 2.15. The van der Waals surface area contributed by atoms with E-state index in [0.29, 0.717) is 6.54 Å². The second-order valence-electron chi connectivity index (χ2n) is 4.73. The van der Waals surface area contributed by atoms with Crippen LogP contribution in [0.4, 0.5) is 0 Å². The quantitative estimate of drug-likeness (QED) is 0.701. The second-order valence-corrected chi connectivity index (χ2v) is 4.73. The van der Waals surface area contributed by atoms with Gasteiger partial charge in [0, 0.05) is 13.1 Å². The predicted molar refractivity (Wildman–Crippen MR) is 59.7 cm³/mol. The minimum Gasteiger partial charge on any atom is -0.330 e. The number of hydrogen-bond acceptors (Lipinski definition) is 3. The molecule has 0 aliphatic rings. The van der Waals surface area contributed by atoms with Gasteiger partial charge in [-0.15, -0.1) is 0 Å². The van der Waals surface area contributed by atoms with Gasteiger partial charge < -0.3 is 10.6 Å². The maximum Gasteiger partial charge on any atom is 0.0666 e. The molecule has 14 heavy (non-hydrogen) atoms. The number of nitrogens with two attached hydrogens (primary N) is 1. The molecule has 82 valence electrons. The minimum atomic E-state index is 0.100. The van der Waals surface area contributed by atoms with Crippen LogP contribution in [0.25, 0.3) is 0 Å². The smallest absolute Gasteiger partial charge is 0.0666 e. The van der Waals surface area contributed by atoms with Gasteiger partial charge in [0.2, 0.25) is 0 Å². The van der Waals surface area contributed by atoms with Gasteiger partial charge in [-0.3, -0.25) is 0 Å². The number of nitrogens with zero attached hydrogens (tertiary/aromatic N) is 2. The van der Waals surface area contributed by atoms with Gasteiger partial charge in [-0.25, -0.2) is 0 Å². The molecule has 2 N–H and O–H groups in total. The van der Waals surface area contributed by atoms with E-state index in [4.69, 9.17) is 11.0 Å². The van der Waals surface area contributed by atoms with E-state index in [-0.39, 0.29) is 11.3 Å². The van der Waals surface area contributed by atoms with Crippen LogP contribution in [0.1, 0.15) is 27.7 Å². The Morgan fingerprint density at radius 3 is 2.43 bits per heavy atom. The zero-order valence-corrected chi connectivity index (χ0v) is 9.88. The molecule has 0 aromatic rings. The molecule has 0 bridgehead atoms. The van der Waals surface area contributed by atoms with Crippen molar-refractivity contribution in [2.45, 2.75) is 27.7 Å². The third-order valence-electron chi connectivity index (χ3n) is 2.40. The summed E-state index contributed by atoms with van der Waals surface area (Å²) in [4.78, 5) is 2.29. The van der Waals surface area contributed by atoms with Gasteiger partial charge in [0.1, 0.15) is 0 Å². The Hall–Kier alpha value is -0.590. The molecule has 1 atom stereocenters. The van der Waals surface area contributed by atoms with E-state index in [1.165, 1.54) is 0 Å². The summed E-state index contributed by atoms with van der Waals surface area (Å²) in [5, 5.41) is 8.73. The van der Waals surface area contributed by atoms with Crippen molar-refractivity contribution in [3.8, 4) is 6.07 Å². The average Bonchev–Trinajstić information content (AvgIpc) is 2.16. The molecular weight excluding hydrogens is 174 g/mol. The Labute approximate surface area is 87.9 Å². The molecule has 0 saturated heterocycles. The van der Waals surface area contributed by atoms with Gasteiger partial charge >= 0.3 is 0 Å². The van der Waals surface area contributed by atoms with Crippen molar-refractivity contribution in [2.75, 3.05) is 26.2 Å². The monoisotopic (exact) mass is 197 g/mol. The molecule has 0 radical (unpaired) electrons. The molecule has 0 rings (SSSR count). The van der Waals surface area contributed by atoms with Crippen molar-refractivity contribution in [1.29, 1.82) is 5.26 Å². The van der Waals surface area contributed by atoms with Crippen molar-refractivity contribution in [2.24, 2.45) is 17.1 Å². The van der Waals surface area contributed by atoms with Gasteiger partial charge in [-0.1, -0.05) is 20.8 Å². The lowest BCUT2D eigenvalue weighted by molar-refractivity contribution is 0.180. The molecule has 3 heteroatoms. The van der Waals surface area contributed by atoms with E-state index in [1.54, 1.807) is 0 Å². The van der Waals surface area contributed by atoms with Crippen molar-refractivity contribution in [3.63, 3.8) is 0 Å². The third-order valence-corrected chi connectivity index (χ3v) is 2.40. The molecule has 0 fully saturated rings. The summed E-state index contributed by atoms with van der Waals surface area (Å²) in [6, 6.07) is 2.26. The van der Waals surface area contributed by atoms with Crippen molar-refractivity contribution >= 4 is 0 Å². The van der Waals surface area contributed by atoms with Crippen LogP contribution in [0.3, 0.4) is 0 Å². The van der Waals surface area contributed by atoms with E-state index >= 15 is 0 Å². The topological polar surface area (TPSA) is 53.0 Å². The number of nitriles is 1. The highest BCUT2D eigenvalue weighted by atomic mass is 15.1. The van der Waals surface area contributed by atoms with Crippen LogP contribution >= 0.6 is 0 Å². The normalized spacial score (nSPS) is 14.1. The summed E-state index contributed by atoms with van der Waals surface area (Å²) in [6.07, 6.45) is 0. The summed E-state index contributed by atoms with van der Waals surface area (Å²) in [5.41, 5.74) is 5.82. The zero-order valence-electron chi connectivity index (χ0n) is 9.88. The van der Waals surface area contributed by atoms with Crippen LogP contribution in [0.5, 0.6) is 0 Å². The molecule has 0 aromatic carbocycles. The Bertz CT molecular complexity index is 193. The molecule has 3 nitrogen and oxygen atoms in total. The first-order valence-corrected chi connectivity index (χ1v) is 5.27. The van der Waals surface area contributed by atoms with Crippen LogP contribution in [0.15, 0.2) is 0 Å². The van der Waals surface area contributed by atoms with Gasteiger partial charge in [0.05, 0.1) is 12.0 Å². The Morgan fingerprint density at radius 2 is 2.07 bits per heavy atom. The van der Waals surface area contributed by atoms with E-state index < -0.39 is 0 Å². The van der Waals surface area contributed by atoms with E-state index in [0.717, 1.165) is 19.6 Å². The lowest BCUT2D eigenvalue weighted by atomic mass is 9.93. The Kier molecular flexibility index (Phi) is 5.75. The predicted octanol–water partition coefficient (Wildman–Crippen LogP) is 1.45. The Morgan fingerprint density at radius 1 is 1.50 bits per heavy atom. The third kappa shape index (κ3) is 5.21. The van der Waals surface area contributed by atoms with Crippen LogP contribution in [0, 0.1) is 22.7 Å². The van der Waals surface area contributed by atoms with Crippen LogP contribution in [-0.2, 0) is 0 Å². The first-order valence-electron chi connectivity index (χ1n) is 5.27. The molecule has 0 amide bonds. The van der Waals surface area contributed by atoms with Crippen LogP contribution in [0.2, 0.25) is 0 Å². The van der Waals surface area contributed by atoms with Gasteiger partial charge in [-0.2, -0.15) is 5.26 Å². The molecule has 0 spiro atoms.